The lowest BCUT2D eigenvalue weighted by Crippen LogP contribution is -2.16. The predicted molar refractivity (Wildman–Crippen MR) is 87.9 cm³/mol. The molecule has 3 aromatic rings. The van der Waals surface area contributed by atoms with Gasteiger partial charge in [0.05, 0.1) is 0 Å². The molecule has 4 heteroatoms. The molecule has 0 saturated heterocycles. The van der Waals surface area contributed by atoms with Gasteiger partial charge in [0.25, 0.3) is 0 Å². The Kier molecular flexibility index (Phi) is 4.61. The van der Waals surface area contributed by atoms with E-state index in [-0.39, 0.29) is 6.10 Å². The van der Waals surface area contributed by atoms with Gasteiger partial charge in [0.1, 0.15) is 11.9 Å². The van der Waals surface area contributed by atoms with Gasteiger partial charge >= 0.3 is 0 Å². The van der Waals surface area contributed by atoms with Crippen molar-refractivity contribution in [3.8, 4) is 5.75 Å². The molecule has 0 spiro atoms. The molecule has 0 aliphatic carbocycles. The third kappa shape index (κ3) is 3.23. The molecule has 0 bridgehead atoms. The van der Waals surface area contributed by atoms with Crippen molar-refractivity contribution in [3.63, 3.8) is 0 Å². The van der Waals surface area contributed by atoms with E-state index in [0.29, 0.717) is 0 Å². The molecule has 0 saturated carbocycles. The molecule has 4 nitrogen and oxygen atoms in total. The number of benzene rings is 1. The SMILES string of the molecule is CNCCC(Oc1cccc2ccncc12)c1cccnc1. The number of pyridine rings is 2. The van der Waals surface area contributed by atoms with Gasteiger partial charge in [0.15, 0.2) is 0 Å². The van der Waals surface area contributed by atoms with Crippen molar-refractivity contribution < 1.29 is 4.74 Å². The van der Waals surface area contributed by atoms with E-state index >= 15 is 0 Å². The molecule has 1 unspecified atom stereocenters. The second-order valence-electron chi connectivity index (χ2n) is 5.14. The van der Waals surface area contributed by atoms with E-state index in [9.17, 15) is 0 Å². The molecule has 2 aromatic heterocycles. The van der Waals surface area contributed by atoms with Crippen molar-refractivity contribution in [2.24, 2.45) is 0 Å². The third-order valence-corrected chi connectivity index (χ3v) is 3.63. The van der Waals surface area contributed by atoms with Crippen molar-refractivity contribution in [1.82, 2.24) is 15.3 Å². The van der Waals surface area contributed by atoms with Gasteiger partial charge < -0.3 is 10.1 Å². The Morgan fingerprint density at radius 2 is 1.95 bits per heavy atom. The maximum Gasteiger partial charge on any atom is 0.129 e. The minimum absolute atomic E-state index is 0.0352. The summed E-state index contributed by atoms with van der Waals surface area (Å²) in [6.45, 7) is 0.878. The summed E-state index contributed by atoms with van der Waals surface area (Å²) in [5.74, 6) is 0.857. The smallest absolute Gasteiger partial charge is 0.129 e. The fourth-order valence-electron chi connectivity index (χ4n) is 2.48. The van der Waals surface area contributed by atoms with Crippen LogP contribution in [0.3, 0.4) is 0 Å². The lowest BCUT2D eigenvalue weighted by Gasteiger charge is -2.20. The van der Waals surface area contributed by atoms with Crippen LogP contribution in [0.2, 0.25) is 0 Å². The molecule has 1 aromatic carbocycles. The fourth-order valence-corrected chi connectivity index (χ4v) is 2.48. The van der Waals surface area contributed by atoms with Crippen LogP contribution in [-0.2, 0) is 0 Å². The maximum atomic E-state index is 6.30. The van der Waals surface area contributed by atoms with Crippen molar-refractivity contribution in [2.45, 2.75) is 12.5 Å². The lowest BCUT2D eigenvalue weighted by molar-refractivity contribution is 0.197. The van der Waals surface area contributed by atoms with Crippen LogP contribution in [0.5, 0.6) is 5.75 Å². The summed E-state index contributed by atoms with van der Waals surface area (Å²) in [5.41, 5.74) is 1.08. The summed E-state index contributed by atoms with van der Waals surface area (Å²) < 4.78 is 6.30. The van der Waals surface area contributed by atoms with Crippen LogP contribution < -0.4 is 10.1 Å². The van der Waals surface area contributed by atoms with Crippen LogP contribution in [-0.4, -0.2) is 23.6 Å². The van der Waals surface area contributed by atoms with Gasteiger partial charge in [0.2, 0.25) is 0 Å². The zero-order valence-electron chi connectivity index (χ0n) is 12.6. The standard InChI is InChI=1S/C18H19N3O/c1-19-10-8-17(15-5-3-9-20-12-15)22-18-6-2-4-14-7-11-21-13-16(14)18/h2-7,9,11-13,17,19H,8,10H2,1H3. The zero-order chi connectivity index (χ0) is 15.2. The predicted octanol–water partition coefficient (Wildman–Crippen LogP) is 3.36. The first-order chi connectivity index (χ1) is 10.9. The van der Waals surface area contributed by atoms with E-state index in [1.54, 1.807) is 12.4 Å². The van der Waals surface area contributed by atoms with Gasteiger partial charge in [-0.2, -0.15) is 0 Å². The van der Waals surface area contributed by atoms with Gasteiger partial charge in [0, 0.05) is 42.2 Å². The van der Waals surface area contributed by atoms with Crippen LogP contribution in [0.1, 0.15) is 18.1 Å². The first-order valence-electron chi connectivity index (χ1n) is 7.42. The molecule has 0 fully saturated rings. The highest BCUT2D eigenvalue weighted by Gasteiger charge is 2.14. The summed E-state index contributed by atoms with van der Waals surface area (Å²) in [6, 6.07) is 12.1. The summed E-state index contributed by atoms with van der Waals surface area (Å²) in [7, 11) is 1.95. The average Bonchev–Trinajstić information content (AvgIpc) is 2.59. The molecule has 3 rings (SSSR count). The van der Waals surface area contributed by atoms with E-state index in [2.05, 4.69) is 27.4 Å². The third-order valence-electron chi connectivity index (χ3n) is 3.63. The first kappa shape index (κ1) is 14.5. The van der Waals surface area contributed by atoms with E-state index < -0.39 is 0 Å². The molecule has 22 heavy (non-hydrogen) atoms. The second-order valence-corrected chi connectivity index (χ2v) is 5.14. The Labute approximate surface area is 130 Å². The molecular weight excluding hydrogens is 274 g/mol. The number of hydrogen-bond donors (Lipinski definition) is 1. The number of hydrogen-bond acceptors (Lipinski definition) is 4. The van der Waals surface area contributed by atoms with Gasteiger partial charge in [-0.3, -0.25) is 9.97 Å². The fraction of sp³-hybridized carbons (Fsp3) is 0.222. The van der Waals surface area contributed by atoms with Crippen molar-refractivity contribution >= 4 is 10.8 Å². The molecule has 0 amide bonds. The highest BCUT2D eigenvalue weighted by atomic mass is 16.5. The highest BCUT2D eigenvalue weighted by molar-refractivity contribution is 5.87. The maximum absolute atomic E-state index is 6.30. The molecule has 1 atom stereocenters. The number of aromatic nitrogens is 2. The average molecular weight is 293 g/mol. The van der Waals surface area contributed by atoms with E-state index in [1.165, 1.54) is 0 Å². The van der Waals surface area contributed by atoms with E-state index in [1.807, 2.05) is 43.7 Å². The lowest BCUT2D eigenvalue weighted by atomic mass is 10.1. The Hall–Kier alpha value is -2.46. The number of nitrogens with one attached hydrogen (secondary N) is 1. The number of ether oxygens (including phenoxy) is 1. The Balaban J connectivity index is 1.92. The molecule has 1 N–H and O–H groups in total. The molecule has 2 heterocycles. The summed E-state index contributed by atoms with van der Waals surface area (Å²) in [5, 5.41) is 5.34. The second kappa shape index (κ2) is 7.00. The van der Waals surface area contributed by atoms with Gasteiger partial charge in [-0.1, -0.05) is 18.2 Å². The molecule has 0 aliphatic rings. The number of nitrogens with zero attached hydrogens (tertiary/aromatic N) is 2. The molecule has 0 radical (unpaired) electrons. The quantitative estimate of drug-likeness (QED) is 0.757. The normalized spacial score (nSPS) is 12.2. The summed E-state index contributed by atoms with van der Waals surface area (Å²) in [4.78, 5) is 8.42. The van der Waals surface area contributed by atoms with Crippen LogP contribution in [0.25, 0.3) is 10.8 Å². The van der Waals surface area contributed by atoms with Crippen molar-refractivity contribution in [2.75, 3.05) is 13.6 Å². The van der Waals surface area contributed by atoms with Gasteiger partial charge in [-0.05, 0) is 37.2 Å². The van der Waals surface area contributed by atoms with Crippen LogP contribution >= 0.6 is 0 Å². The summed E-state index contributed by atoms with van der Waals surface area (Å²) in [6.07, 6.45) is 8.13. The van der Waals surface area contributed by atoms with Crippen LogP contribution in [0, 0.1) is 0 Å². The van der Waals surface area contributed by atoms with Crippen LogP contribution in [0.4, 0.5) is 0 Å². The van der Waals surface area contributed by atoms with Gasteiger partial charge in [-0.15, -0.1) is 0 Å². The first-order valence-corrected chi connectivity index (χ1v) is 7.42. The largest absolute Gasteiger partial charge is 0.485 e. The number of rotatable bonds is 6. The van der Waals surface area contributed by atoms with E-state index in [0.717, 1.165) is 35.1 Å². The minimum Gasteiger partial charge on any atom is -0.485 e. The highest BCUT2D eigenvalue weighted by Crippen LogP contribution is 2.30. The Bertz CT molecular complexity index is 725. The summed E-state index contributed by atoms with van der Waals surface area (Å²) >= 11 is 0. The Morgan fingerprint density at radius 3 is 2.77 bits per heavy atom. The van der Waals surface area contributed by atoms with Crippen LogP contribution in [0.15, 0.2) is 61.2 Å². The van der Waals surface area contributed by atoms with Crippen molar-refractivity contribution in [1.29, 1.82) is 0 Å². The molecular formula is C18H19N3O. The minimum atomic E-state index is -0.0352. The molecule has 0 aliphatic heterocycles. The van der Waals surface area contributed by atoms with E-state index in [4.69, 9.17) is 4.74 Å². The zero-order valence-corrected chi connectivity index (χ0v) is 12.6. The Morgan fingerprint density at radius 1 is 1.05 bits per heavy atom. The number of fused-ring (bicyclic) bond motifs is 1. The topological polar surface area (TPSA) is 47.0 Å². The van der Waals surface area contributed by atoms with Gasteiger partial charge in [-0.25, -0.2) is 0 Å². The van der Waals surface area contributed by atoms with Crippen molar-refractivity contribution in [3.05, 3.63) is 66.7 Å². The molecule has 112 valence electrons. The monoisotopic (exact) mass is 293 g/mol.